The first-order chi connectivity index (χ1) is 12.6. The maximum Gasteiger partial charge on any atom is 0.253 e. The molecule has 0 radical (unpaired) electrons. The molecule has 1 atom stereocenters. The first kappa shape index (κ1) is 18.8. The van der Waals surface area contributed by atoms with Crippen molar-refractivity contribution in [1.82, 2.24) is 4.90 Å². The maximum atomic E-state index is 12.7. The summed E-state index contributed by atoms with van der Waals surface area (Å²) in [4.78, 5) is 28.2. The number of hydrogen-bond donors (Lipinski definition) is 1. The number of benzene rings is 2. The Kier molecular flexibility index (Phi) is 6.22. The van der Waals surface area contributed by atoms with Gasteiger partial charge in [0.25, 0.3) is 5.91 Å². The zero-order chi connectivity index (χ0) is 18.5. The molecular formula is C20H21ClN2O2S. The lowest BCUT2D eigenvalue weighted by molar-refractivity contribution is -0.121. The van der Waals surface area contributed by atoms with Gasteiger partial charge in [-0.25, -0.2) is 0 Å². The summed E-state index contributed by atoms with van der Waals surface area (Å²) in [7, 11) is 0. The van der Waals surface area contributed by atoms with Gasteiger partial charge in [-0.05, 0) is 61.6 Å². The van der Waals surface area contributed by atoms with Crippen molar-refractivity contribution < 1.29 is 9.59 Å². The zero-order valence-electron chi connectivity index (χ0n) is 14.6. The molecule has 2 amide bonds. The third-order valence-electron chi connectivity index (χ3n) is 4.51. The van der Waals surface area contributed by atoms with Crippen LogP contribution in [0.15, 0.2) is 53.4 Å². The quantitative estimate of drug-likeness (QED) is 0.781. The minimum Gasteiger partial charge on any atom is -0.338 e. The Morgan fingerprint density at radius 3 is 2.69 bits per heavy atom. The Bertz CT molecular complexity index is 795. The Morgan fingerprint density at radius 1 is 1.19 bits per heavy atom. The van der Waals surface area contributed by atoms with Gasteiger partial charge in [0.05, 0.1) is 5.92 Å². The highest BCUT2D eigenvalue weighted by Gasteiger charge is 2.29. The fourth-order valence-corrected chi connectivity index (χ4v) is 3.68. The number of nitrogens with one attached hydrogen (secondary N) is 1. The summed E-state index contributed by atoms with van der Waals surface area (Å²) in [5.74, 6) is -0.279. The van der Waals surface area contributed by atoms with Gasteiger partial charge in [0.2, 0.25) is 5.91 Å². The second-order valence-corrected chi connectivity index (χ2v) is 7.63. The number of nitrogens with zero attached hydrogens (tertiary/aromatic N) is 1. The molecule has 0 aromatic heterocycles. The van der Waals surface area contributed by atoms with Crippen molar-refractivity contribution in [1.29, 1.82) is 0 Å². The molecule has 1 N–H and O–H groups in total. The molecule has 0 unspecified atom stereocenters. The smallest absolute Gasteiger partial charge is 0.253 e. The molecule has 4 nitrogen and oxygen atoms in total. The van der Waals surface area contributed by atoms with E-state index >= 15 is 0 Å². The van der Waals surface area contributed by atoms with E-state index in [2.05, 4.69) is 5.32 Å². The Hall–Kier alpha value is -1.98. The van der Waals surface area contributed by atoms with Gasteiger partial charge >= 0.3 is 0 Å². The van der Waals surface area contributed by atoms with Crippen LogP contribution in [-0.2, 0) is 4.79 Å². The minimum atomic E-state index is -0.196. The van der Waals surface area contributed by atoms with Crippen LogP contribution in [0.4, 0.5) is 5.69 Å². The van der Waals surface area contributed by atoms with Crippen LogP contribution in [0.3, 0.4) is 0 Å². The number of carbonyl (C=O) groups excluding carboxylic acids is 2. The number of carbonyl (C=O) groups is 2. The highest BCUT2D eigenvalue weighted by Crippen LogP contribution is 2.23. The summed E-state index contributed by atoms with van der Waals surface area (Å²) < 4.78 is 0. The number of hydrogen-bond acceptors (Lipinski definition) is 3. The zero-order valence-corrected chi connectivity index (χ0v) is 16.1. The summed E-state index contributed by atoms with van der Waals surface area (Å²) in [5, 5.41) is 3.59. The molecule has 0 aliphatic carbocycles. The third kappa shape index (κ3) is 4.59. The van der Waals surface area contributed by atoms with Gasteiger partial charge in [-0.1, -0.05) is 17.7 Å². The van der Waals surface area contributed by atoms with Crippen molar-refractivity contribution in [2.45, 2.75) is 17.7 Å². The molecule has 1 aliphatic rings. The monoisotopic (exact) mass is 388 g/mol. The summed E-state index contributed by atoms with van der Waals surface area (Å²) in [6.45, 7) is 1.11. The average molecular weight is 389 g/mol. The number of amides is 2. The molecule has 0 spiro atoms. The summed E-state index contributed by atoms with van der Waals surface area (Å²) in [5.41, 5.74) is 1.39. The molecule has 2 aromatic rings. The number of anilines is 1. The Balaban J connectivity index is 1.64. The largest absolute Gasteiger partial charge is 0.338 e. The first-order valence-electron chi connectivity index (χ1n) is 8.56. The summed E-state index contributed by atoms with van der Waals surface area (Å²) in [6, 6.07) is 14.7. The van der Waals surface area contributed by atoms with Gasteiger partial charge < -0.3 is 10.2 Å². The topological polar surface area (TPSA) is 49.4 Å². The van der Waals surface area contributed by atoms with E-state index in [1.807, 2.05) is 30.5 Å². The predicted octanol–water partition coefficient (Wildman–Crippen LogP) is 4.55. The van der Waals surface area contributed by atoms with Crippen molar-refractivity contribution >= 4 is 40.9 Å². The van der Waals surface area contributed by atoms with Crippen molar-refractivity contribution in [3.63, 3.8) is 0 Å². The van der Waals surface area contributed by atoms with Gasteiger partial charge in [-0.2, -0.15) is 0 Å². The lowest BCUT2D eigenvalue weighted by Crippen LogP contribution is -2.43. The summed E-state index contributed by atoms with van der Waals surface area (Å²) >= 11 is 7.52. The van der Waals surface area contributed by atoms with Crippen LogP contribution in [0.25, 0.3) is 0 Å². The lowest BCUT2D eigenvalue weighted by atomic mass is 9.96. The average Bonchev–Trinajstić information content (AvgIpc) is 2.68. The number of thioether (sulfide) groups is 1. The normalized spacial score (nSPS) is 17.0. The molecule has 0 saturated carbocycles. The van der Waals surface area contributed by atoms with Gasteiger partial charge in [0.15, 0.2) is 0 Å². The molecule has 1 heterocycles. The highest BCUT2D eigenvalue weighted by atomic mass is 35.5. The molecule has 2 aromatic carbocycles. The van der Waals surface area contributed by atoms with Crippen molar-refractivity contribution in [2.75, 3.05) is 24.7 Å². The van der Waals surface area contributed by atoms with Crippen LogP contribution in [0.1, 0.15) is 23.2 Å². The van der Waals surface area contributed by atoms with Crippen LogP contribution < -0.4 is 5.32 Å². The number of piperidine rings is 1. The van der Waals surface area contributed by atoms with Crippen LogP contribution in [0, 0.1) is 5.92 Å². The minimum absolute atomic E-state index is 0.0307. The van der Waals surface area contributed by atoms with E-state index in [4.69, 9.17) is 11.6 Å². The maximum absolute atomic E-state index is 12.7. The summed E-state index contributed by atoms with van der Waals surface area (Å²) in [6.07, 6.45) is 3.61. The molecule has 6 heteroatoms. The van der Waals surface area contributed by atoms with E-state index in [1.165, 1.54) is 0 Å². The molecule has 1 aliphatic heterocycles. The molecule has 26 heavy (non-hydrogen) atoms. The fraction of sp³-hybridized carbons (Fsp3) is 0.300. The Labute approximate surface area is 162 Å². The molecular weight excluding hydrogens is 368 g/mol. The van der Waals surface area contributed by atoms with Gasteiger partial charge in [0.1, 0.15) is 0 Å². The third-order valence-corrected chi connectivity index (χ3v) is 5.49. The lowest BCUT2D eigenvalue weighted by Gasteiger charge is -2.32. The van der Waals surface area contributed by atoms with E-state index in [-0.39, 0.29) is 17.7 Å². The van der Waals surface area contributed by atoms with Gasteiger partial charge in [-0.15, -0.1) is 11.8 Å². The van der Waals surface area contributed by atoms with E-state index in [0.717, 1.165) is 23.4 Å². The SMILES string of the molecule is CSc1cccc(NC(=O)[C@H]2CCCN(C(=O)c3ccc(Cl)cc3)C2)c1. The highest BCUT2D eigenvalue weighted by molar-refractivity contribution is 7.98. The van der Waals surface area contributed by atoms with Gasteiger partial charge in [0, 0.05) is 34.3 Å². The van der Waals surface area contributed by atoms with E-state index < -0.39 is 0 Å². The number of likely N-dealkylation sites (tertiary alicyclic amines) is 1. The van der Waals surface area contributed by atoms with Gasteiger partial charge in [-0.3, -0.25) is 9.59 Å². The number of rotatable bonds is 4. The molecule has 3 rings (SSSR count). The van der Waals surface area contributed by atoms with Crippen LogP contribution in [-0.4, -0.2) is 36.1 Å². The number of halogens is 1. The standard InChI is InChI=1S/C20H21ClN2O2S/c1-26-18-6-2-5-17(12-18)22-19(24)15-4-3-11-23(13-15)20(25)14-7-9-16(21)10-8-14/h2,5-10,12,15H,3-4,11,13H2,1H3,(H,22,24)/t15-/m0/s1. The van der Waals surface area contributed by atoms with Crippen molar-refractivity contribution in [3.05, 3.63) is 59.1 Å². The Morgan fingerprint density at radius 2 is 1.96 bits per heavy atom. The predicted molar refractivity (Wildman–Crippen MR) is 107 cm³/mol. The van der Waals surface area contributed by atoms with E-state index in [9.17, 15) is 9.59 Å². The molecule has 136 valence electrons. The van der Waals surface area contributed by atoms with Crippen LogP contribution in [0.2, 0.25) is 5.02 Å². The fourth-order valence-electron chi connectivity index (χ4n) is 3.10. The first-order valence-corrected chi connectivity index (χ1v) is 10.2. The molecule has 1 fully saturated rings. The second-order valence-electron chi connectivity index (χ2n) is 6.32. The van der Waals surface area contributed by atoms with Crippen LogP contribution in [0.5, 0.6) is 0 Å². The van der Waals surface area contributed by atoms with E-state index in [0.29, 0.717) is 23.7 Å². The van der Waals surface area contributed by atoms with Crippen molar-refractivity contribution in [2.24, 2.45) is 5.92 Å². The second kappa shape index (κ2) is 8.60. The molecule has 1 saturated heterocycles. The molecule has 0 bridgehead atoms. The van der Waals surface area contributed by atoms with Crippen molar-refractivity contribution in [3.8, 4) is 0 Å². The van der Waals surface area contributed by atoms with E-state index in [1.54, 1.807) is 40.9 Å². The van der Waals surface area contributed by atoms with Crippen LogP contribution >= 0.6 is 23.4 Å².